The summed E-state index contributed by atoms with van der Waals surface area (Å²) in [6.45, 7) is 8.77. The largest absolute Gasteiger partial charge is 0.462 e. The van der Waals surface area contributed by atoms with Crippen LogP contribution in [0.1, 0.15) is 52.9 Å². The van der Waals surface area contributed by atoms with Gasteiger partial charge in [0, 0.05) is 11.7 Å². The highest BCUT2D eigenvalue weighted by Gasteiger charge is 2.26. The number of aryl methyl sites for hydroxylation is 1. The first-order valence-corrected chi connectivity index (χ1v) is 6.51. The van der Waals surface area contributed by atoms with Crippen molar-refractivity contribution in [3.63, 3.8) is 0 Å². The zero-order chi connectivity index (χ0) is 15.4. The van der Waals surface area contributed by atoms with Gasteiger partial charge >= 0.3 is 5.97 Å². The Kier molecular flexibility index (Phi) is 5.07. The van der Waals surface area contributed by atoms with Gasteiger partial charge in [-0.1, -0.05) is 0 Å². The number of Topliss-reactive ketones (excluding diaryl/α,β-unsaturated/α-hetero) is 1. The lowest BCUT2D eigenvalue weighted by atomic mass is 10.1. The maximum atomic E-state index is 12.1. The van der Waals surface area contributed by atoms with Gasteiger partial charge in [-0.2, -0.15) is 0 Å². The molecule has 0 aromatic carbocycles. The molecule has 0 radical (unpaired) electrons. The fraction of sp³-hybridized carbons (Fsp3) is 0.500. The Labute approximate surface area is 117 Å². The molecular weight excluding hydrogens is 260 g/mol. The molecule has 2 N–H and O–H groups in total. The van der Waals surface area contributed by atoms with E-state index in [9.17, 15) is 14.4 Å². The highest BCUT2D eigenvalue weighted by atomic mass is 16.5. The Morgan fingerprint density at radius 3 is 2.35 bits per heavy atom. The van der Waals surface area contributed by atoms with E-state index in [2.05, 4.69) is 10.3 Å². The predicted molar refractivity (Wildman–Crippen MR) is 73.8 cm³/mol. The van der Waals surface area contributed by atoms with Gasteiger partial charge in [0.05, 0.1) is 17.9 Å². The molecule has 0 unspecified atom stereocenters. The van der Waals surface area contributed by atoms with Gasteiger partial charge in [0.25, 0.3) is 11.7 Å². The minimum absolute atomic E-state index is 0.128. The van der Waals surface area contributed by atoms with E-state index in [1.807, 2.05) is 0 Å². The van der Waals surface area contributed by atoms with Crippen molar-refractivity contribution in [2.45, 2.75) is 40.7 Å². The molecule has 0 fully saturated rings. The number of H-pyrrole nitrogens is 1. The van der Waals surface area contributed by atoms with Crippen molar-refractivity contribution in [3.8, 4) is 0 Å². The molecule has 1 rings (SSSR count). The molecule has 0 saturated heterocycles. The molecule has 20 heavy (non-hydrogen) atoms. The molecule has 110 valence electrons. The van der Waals surface area contributed by atoms with Crippen LogP contribution in [0.2, 0.25) is 0 Å². The van der Waals surface area contributed by atoms with Crippen molar-refractivity contribution in [1.82, 2.24) is 10.3 Å². The van der Waals surface area contributed by atoms with Gasteiger partial charge in [-0.05, 0) is 40.2 Å². The second kappa shape index (κ2) is 6.36. The summed E-state index contributed by atoms with van der Waals surface area (Å²) in [5.74, 6) is -1.88. The molecule has 0 spiro atoms. The smallest absolute Gasteiger partial charge is 0.340 e. The fourth-order valence-electron chi connectivity index (χ4n) is 1.93. The number of aromatic nitrogens is 1. The minimum Gasteiger partial charge on any atom is -0.462 e. The first-order chi connectivity index (χ1) is 9.29. The molecule has 0 saturated carbocycles. The van der Waals surface area contributed by atoms with Crippen LogP contribution in [-0.4, -0.2) is 35.3 Å². The maximum Gasteiger partial charge on any atom is 0.340 e. The average molecular weight is 280 g/mol. The highest BCUT2D eigenvalue weighted by molar-refractivity contribution is 6.42. The summed E-state index contributed by atoms with van der Waals surface area (Å²) in [6, 6.07) is -0.132. The van der Waals surface area contributed by atoms with Crippen LogP contribution in [0.3, 0.4) is 0 Å². The Balaban J connectivity index is 3.10. The van der Waals surface area contributed by atoms with E-state index in [0.29, 0.717) is 16.8 Å². The van der Waals surface area contributed by atoms with Crippen LogP contribution >= 0.6 is 0 Å². The Bertz CT molecular complexity index is 544. The maximum absolute atomic E-state index is 12.1. The molecular formula is C14H20N2O4. The van der Waals surface area contributed by atoms with Crippen LogP contribution in [0.25, 0.3) is 0 Å². The van der Waals surface area contributed by atoms with Gasteiger partial charge in [0.15, 0.2) is 0 Å². The van der Waals surface area contributed by atoms with Crippen molar-refractivity contribution in [2.75, 3.05) is 6.61 Å². The third-order valence-corrected chi connectivity index (χ3v) is 2.77. The molecule has 1 amide bonds. The van der Waals surface area contributed by atoms with Crippen LogP contribution in [0, 0.1) is 13.8 Å². The van der Waals surface area contributed by atoms with Gasteiger partial charge in [-0.25, -0.2) is 4.79 Å². The monoisotopic (exact) mass is 280 g/mol. The molecule has 1 aromatic heterocycles. The zero-order valence-corrected chi connectivity index (χ0v) is 12.4. The van der Waals surface area contributed by atoms with Gasteiger partial charge < -0.3 is 15.0 Å². The number of esters is 1. The van der Waals surface area contributed by atoms with E-state index < -0.39 is 17.7 Å². The Hall–Kier alpha value is -2.11. The number of ether oxygens (including phenoxy) is 1. The second-order valence-electron chi connectivity index (χ2n) is 4.80. The van der Waals surface area contributed by atoms with Crippen LogP contribution < -0.4 is 5.32 Å². The lowest BCUT2D eigenvalue weighted by molar-refractivity contribution is -0.117. The van der Waals surface area contributed by atoms with Gasteiger partial charge in [-0.15, -0.1) is 0 Å². The van der Waals surface area contributed by atoms with Crippen molar-refractivity contribution in [2.24, 2.45) is 0 Å². The lowest BCUT2D eigenvalue weighted by Crippen LogP contribution is -2.36. The molecule has 1 aromatic rings. The van der Waals surface area contributed by atoms with E-state index in [1.54, 1.807) is 34.6 Å². The number of amides is 1. The quantitative estimate of drug-likeness (QED) is 0.486. The standard InChI is InChI=1S/C14H20N2O4/c1-6-20-14(19)10-8(4)11(16-9(10)5)12(17)13(18)15-7(2)3/h7,16H,6H2,1-5H3,(H,15,18). The summed E-state index contributed by atoms with van der Waals surface area (Å²) in [5.41, 5.74) is 1.39. The Morgan fingerprint density at radius 1 is 1.25 bits per heavy atom. The third kappa shape index (κ3) is 3.26. The molecule has 0 aliphatic rings. The molecule has 0 aliphatic carbocycles. The minimum atomic E-state index is -0.695. The van der Waals surface area contributed by atoms with Gasteiger partial charge in [0.2, 0.25) is 0 Å². The van der Waals surface area contributed by atoms with Gasteiger partial charge in [0.1, 0.15) is 0 Å². The number of nitrogens with one attached hydrogen (secondary N) is 2. The summed E-state index contributed by atoms with van der Waals surface area (Å²) >= 11 is 0. The van der Waals surface area contributed by atoms with Crippen LogP contribution in [0.5, 0.6) is 0 Å². The van der Waals surface area contributed by atoms with Crippen LogP contribution in [0.4, 0.5) is 0 Å². The van der Waals surface area contributed by atoms with E-state index in [0.717, 1.165) is 0 Å². The molecule has 6 nitrogen and oxygen atoms in total. The zero-order valence-electron chi connectivity index (χ0n) is 12.4. The number of carbonyl (C=O) groups excluding carboxylic acids is 3. The number of rotatable bonds is 5. The summed E-state index contributed by atoms with van der Waals surface area (Å²) in [4.78, 5) is 38.4. The number of hydrogen-bond acceptors (Lipinski definition) is 4. The van der Waals surface area contributed by atoms with Crippen molar-refractivity contribution in [1.29, 1.82) is 0 Å². The first kappa shape index (κ1) is 15.9. The summed E-state index contributed by atoms with van der Waals surface area (Å²) < 4.78 is 4.94. The highest BCUT2D eigenvalue weighted by Crippen LogP contribution is 2.19. The number of ketones is 1. The molecule has 1 heterocycles. The molecule has 0 bridgehead atoms. The first-order valence-electron chi connectivity index (χ1n) is 6.51. The second-order valence-corrected chi connectivity index (χ2v) is 4.80. The lowest BCUT2D eigenvalue weighted by Gasteiger charge is -2.07. The van der Waals surface area contributed by atoms with Gasteiger partial charge in [-0.3, -0.25) is 9.59 Å². The Morgan fingerprint density at radius 2 is 1.85 bits per heavy atom. The van der Waals surface area contributed by atoms with E-state index in [4.69, 9.17) is 4.74 Å². The topological polar surface area (TPSA) is 88.3 Å². The summed E-state index contributed by atoms with van der Waals surface area (Å²) in [6.07, 6.45) is 0. The third-order valence-electron chi connectivity index (χ3n) is 2.77. The number of hydrogen-bond donors (Lipinski definition) is 2. The van der Waals surface area contributed by atoms with Crippen molar-refractivity contribution >= 4 is 17.7 Å². The predicted octanol–water partition coefficient (Wildman–Crippen LogP) is 1.52. The number of carbonyl (C=O) groups is 3. The summed E-state index contributed by atoms with van der Waals surface area (Å²) in [5, 5.41) is 2.53. The van der Waals surface area contributed by atoms with E-state index >= 15 is 0 Å². The van der Waals surface area contributed by atoms with Crippen LogP contribution in [-0.2, 0) is 9.53 Å². The SMILES string of the molecule is CCOC(=O)c1c(C)[nH]c(C(=O)C(=O)NC(C)C)c1C. The average Bonchev–Trinajstić information content (AvgIpc) is 2.63. The van der Waals surface area contributed by atoms with E-state index in [-0.39, 0.29) is 18.3 Å². The molecule has 0 atom stereocenters. The normalized spacial score (nSPS) is 10.5. The molecule has 0 aliphatic heterocycles. The van der Waals surface area contributed by atoms with E-state index in [1.165, 1.54) is 0 Å². The fourth-order valence-corrected chi connectivity index (χ4v) is 1.93. The number of aromatic amines is 1. The van der Waals surface area contributed by atoms with Crippen LogP contribution in [0.15, 0.2) is 0 Å². The summed E-state index contributed by atoms with van der Waals surface area (Å²) in [7, 11) is 0. The molecule has 6 heteroatoms. The van der Waals surface area contributed by atoms with Crippen molar-refractivity contribution < 1.29 is 19.1 Å². The van der Waals surface area contributed by atoms with Crippen molar-refractivity contribution in [3.05, 3.63) is 22.5 Å².